The molecule has 4 heteroatoms. The average molecular weight is 265 g/mol. The summed E-state index contributed by atoms with van der Waals surface area (Å²) >= 11 is 0. The van der Waals surface area contributed by atoms with Gasteiger partial charge in [0, 0.05) is 12.4 Å². The maximum absolute atomic E-state index is 11.4. The standard InChI is InChI=1S/C16H11NO3/c18-16(19)14-9-11-3-1-2-4-12(11)10-15(14)20-13-5-7-17-8-6-13/h1-10H,(H,18,19). The summed E-state index contributed by atoms with van der Waals surface area (Å²) in [5.74, 6) is -0.139. The maximum Gasteiger partial charge on any atom is 0.339 e. The second kappa shape index (κ2) is 5.01. The smallest absolute Gasteiger partial charge is 0.339 e. The summed E-state index contributed by atoms with van der Waals surface area (Å²) in [7, 11) is 0. The van der Waals surface area contributed by atoms with Gasteiger partial charge in [-0.1, -0.05) is 24.3 Å². The topological polar surface area (TPSA) is 59.4 Å². The number of nitrogens with zero attached hydrogens (tertiary/aromatic N) is 1. The molecular weight excluding hydrogens is 254 g/mol. The second-order valence-electron chi connectivity index (χ2n) is 4.29. The van der Waals surface area contributed by atoms with Crippen molar-refractivity contribution >= 4 is 16.7 Å². The number of pyridine rings is 1. The van der Waals surface area contributed by atoms with E-state index in [1.165, 1.54) is 0 Å². The third kappa shape index (κ3) is 2.31. The minimum atomic E-state index is -1.01. The Labute approximate surface area is 115 Å². The number of carboxylic acid groups (broad SMARTS) is 1. The quantitative estimate of drug-likeness (QED) is 0.784. The summed E-state index contributed by atoms with van der Waals surface area (Å²) in [5.41, 5.74) is 0.139. The van der Waals surface area contributed by atoms with Gasteiger partial charge in [-0.15, -0.1) is 0 Å². The summed E-state index contributed by atoms with van der Waals surface area (Å²) in [4.78, 5) is 15.3. The van der Waals surface area contributed by atoms with Crippen LogP contribution >= 0.6 is 0 Å². The highest BCUT2D eigenvalue weighted by Crippen LogP contribution is 2.29. The molecule has 3 aromatic rings. The highest BCUT2D eigenvalue weighted by Gasteiger charge is 2.13. The van der Waals surface area contributed by atoms with Crippen LogP contribution in [0.1, 0.15) is 10.4 Å². The third-order valence-electron chi connectivity index (χ3n) is 2.96. The fourth-order valence-corrected chi connectivity index (χ4v) is 2.00. The molecule has 0 fully saturated rings. The molecule has 98 valence electrons. The zero-order valence-electron chi connectivity index (χ0n) is 10.5. The van der Waals surface area contributed by atoms with Crippen molar-refractivity contribution in [2.45, 2.75) is 0 Å². The molecule has 0 aliphatic heterocycles. The van der Waals surface area contributed by atoms with Crippen LogP contribution in [0.4, 0.5) is 0 Å². The van der Waals surface area contributed by atoms with E-state index in [1.807, 2.05) is 24.3 Å². The van der Waals surface area contributed by atoms with Crippen molar-refractivity contribution < 1.29 is 14.6 Å². The maximum atomic E-state index is 11.4. The molecule has 4 nitrogen and oxygen atoms in total. The predicted molar refractivity (Wildman–Crippen MR) is 75.2 cm³/mol. The van der Waals surface area contributed by atoms with Crippen LogP contribution in [0.15, 0.2) is 60.9 Å². The summed E-state index contributed by atoms with van der Waals surface area (Å²) < 4.78 is 5.66. The number of aromatic nitrogens is 1. The van der Waals surface area contributed by atoms with Gasteiger partial charge in [-0.25, -0.2) is 4.79 Å². The lowest BCUT2D eigenvalue weighted by molar-refractivity contribution is 0.0694. The fourth-order valence-electron chi connectivity index (χ4n) is 2.00. The van der Waals surface area contributed by atoms with E-state index in [4.69, 9.17) is 4.74 Å². The van der Waals surface area contributed by atoms with E-state index in [0.717, 1.165) is 10.8 Å². The number of ether oxygens (including phenoxy) is 1. The number of aromatic carboxylic acids is 1. The molecule has 0 aliphatic rings. The largest absolute Gasteiger partial charge is 0.478 e. The summed E-state index contributed by atoms with van der Waals surface area (Å²) in [6.45, 7) is 0. The molecule has 3 rings (SSSR count). The number of hydrogen-bond donors (Lipinski definition) is 1. The van der Waals surface area contributed by atoms with E-state index in [0.29, 0.717) is 11.5 Å². The Morgan fingerprint density at radius 3 is 2.30 bits per heavy atom. The zero-order valence-corrected chi connectivity index (χ0v) is 10.5. The van der Waals surface area contributed by atoms with Crippen molar-refractivity contribution in [3.05, 3.63) is 66.5 Å². The highest BCUT2D eigenvalue weighted by atomic mass is 16.5. The number of benzene rings is 2. The SMILES string of the molecule is O=C(O)c1cc2ccccc2cc1Oc1ccncc1. The molecule has 0 amide bonds. The number of carbonyl (C=O) groups is 1. The summed E-state index contributed by atoms with van der Waals surface area (Å²) in [5, 5.41) is 11.1. The first-order valence-corrected chi connectivity index (χ1v) is 6.08. The first-order chi connectivity index (χ1) is 9.74. The number of hydrogen-bond acceptors (Lipinski definition) is 3. The third-order valence-corrected chi connectivity index (χ3v) is 2.96. The van der Waals surface area contributed by atoms with Crippen LogP contribution in [0.2, 0.25) is 0 Å². The van der Waals surface area contributed by atoms with E-state index >= 15 is 0 Å². The molecule has 0 radical (unpaired) electrons. The van der Waals surface area contributed by atoms with Crippen LogP contribution in [0.3, 0.4) is 0 Å². The van der Waals surface area contributed by atoms with Gasteiger partial charge in [0.05, 0.1) is 0 Å². The number of rotatable bonds is 3. The van der Waals surface area contributed by atoms with Crippen LogP contribution in [0.25, 0.3) is 10.8 Å². The van der Waals surface area contributed by atoms with Crippen LogP contribution in [0.5, 0.6) is 11.5 Å². The van der Waals surface area contributed by atoms with Gasteiger partial charge in [-0.2, -0.15) is 0 Å². The molecule has 1 heterocycles. The van der Waals surface area contributed by atoms with Crippen LogP contribution in [-0.4, -0.2) is 16.1 Å². The van der Waals surface area contributed by atoms with Crippen molar-refractivity contribution in [1.29, 1.82) is 0 Å². The summed E-state index contributed by atoms with van der Waals surface area (Å²) in [6.07, 6.45) is 3.19. The molecule has 0 atom stereocenters. The molecule has 0 saturated heterocycles. The molecule has 0 saturated carbocycles. The van der Waals surface area contributed by atoms with E-state index in [-0.39, 0.29) is 5.56 Å². The number of fused-ring (bicyclic) bond motifs is 1. The van der Waals surface area contributed by atoms with Gasteiger partial charge >= 0.3 is 5.97 Å². The van der Waals surface area contributed by atoms with E-state index in [1.54, 1.807) is 36.7 Å². The molecule has 0 spiro atoms. The van der Waals surface area contributed by atoms with Crippen LogP contribution in [-0.2, 0) is 0 Å². The van der Waals surface area contributed by atoms with Crippen molar-refractivity contribution in [3.8, 4) is 11.5 Å². The zero-order chi connectivity index (χ0) is 13.9. The predicted octanol–water partition coefficient (Wildman–Crippen LogP) is 3.73. The Morgan fingerprint density at radius 1 is 1.00 bits per heavy atom. The van der Waals surface area contributed by atoms with Crippen molar-refractivity contribution in [1.82, 2.24) is 4.98 Å². The van der Waals surface area contributed by atoms with Crippen molar-refractivity contribution in [3.63, 3.8) is 0 Å². The highest BCUT2D eigenvalue weighted by molar-refractivity contribution is 5.97. The molecule has 0 unspecified atom stereocenters. The van der Waals surface area contributed by atoms with Gasteiger partial charge in [0.2, 0.25) is 0 Å². The van der Waals surface area contributed by atoms with Crippen LogP contribution in [0, 0.1) is 0 Å². The molecular formula is C16H11NO3. The lowest BCUT2D eigenvalue weighted by Gasteiger charge is -2.10. The summed E-state index contributed by atoms with van der Waals surface area (Å²) in [6, 6.07) is 14.3. The lowest BCUT2D eigenvalue weighted by atomic mass is 10.1. The van der Waals surface area contributed by atoms with E-state index < -0.39 is 5.97 Å². The van der Waals surface area contributed by atoms with Crippen molar-refractivity contribution in [2.75, 3.05) is 0 Å². The Kier molecular flexibility index (Phi) is 3.05. The fraction of sp³-hybridized carbons (Fsp3) is 0. The molecule has 20 heavy (non-hydrogen) atoms. The van der Waals surface area contributed by atoms with E-state index in [9.17, 15) is 9.90 Å². The van der Waals surface area contributed by atoms with Crippen LogP contribution < -0.4 is 4.74 Å². The molecule has 1 N–H and O–H groups in total. The average Bonchev–Trinajstić information content (AvgIpc) is 2.47. The number of carboxylic acids is 1. The Morgan fingerprint density at radius 2 is 1.65 bits per heavy atom. The van der Waals surface area contributed by atoms with Crippen molar-refractivity contribution in [2.24, 2.45) is 0 Å². The molecule has 0 aliphatic carbocycles. The van der Waals surface area contributed by atoms with Gasteiger partial charge in [-0.05, 0) is 35.0 Å². The van der Waals surface area contributed by atoms with E-state index in [2.05, 4.69) is 4.98 Å². The van der Waals surface area contributed by atoms with Gasteiger partial charge in [0.1, 0.15) is 17.1 Å². The normalized spacial score (nSPS) is 10.4. The first-order valence-electron chi connectivity index (χ1n) is 6.08. The monoisotopic (exact) mass is 265 g/mol. The lowest BCUT2D eigenvalue weighted by Crippen LogP contribution is -2.00. The molecule has 1 aromatic heterocycles. The molecule has 2 aromatic carbocycles. The Bertz CT molecular complexity index is 769. The minimum Gasteiger partial charge on any atom is -0.478 e. The molecule has 0 bridgehead atoms. The second-order valence-corrected chi connectivity index (χ2v) is 4.29. The van der Waals surface area contributed by atoms with Gasteiger partial charge < -0.3 is 9.84 Å². The Hall–Kier alpha value is -2.88. The Balaban J connectivity index is 2.12. The van der Waals surface area contributed by atoms with Gasteiger partial charge in [0.25, 0.3) is 0 Å². The van der Waals surface area contributed by atoms with Gasteiger partial charge in [0.15, 0.2) is 0 Å². The van der Waals surface area contributed by atoms with Gasteiger partial charge in [-0.3, -0.25) is 4.98 Å². The minimum absolute atomic E-state index is 0.139. The first kappa shape index (κ1) is 12.2.